The number of hydrogen-bond donors (Lipinski definition) is 1. The third-order valence-corrected chi connectivity index (χ3v) is 7.82. The predicted octanol–water partition coefficient (Wildman–Crippen LogP) is 2.89. The molecule has 2 aromatic rings. The number of esters is 1. The largest absolute Gasteiger partial charge is 0.465 e. The van der Waals surface area contributed by atoms with E-state index in [1.54, 1.807) is 18.2 Å². The zero-order valence-corrected chi connectivity index (χ0v) is 18.7. The Morgan fingerprint density at radius 2 is 1.81 bits per heavy atom. The molecule has 1 amide bonds. The van der Waals surface area contributed by atoms with Crippen LogP contribution >= 0.6 is 11.6 Å². The Bertz CT molecular complexity index is 1160. The standard InChI is InChI=1S/C21H21ClN2O7S/c1-29-21(26)14-2-4-16(22)19(10-14)32(27,28)24-8-6-13(7-9-24)20(25)23-15-3-5-17-18(11-15)31-12-30-17/h2-5,10-11,13H,6-9,12H2,1H3,(H,23,25). The molecule has 0 aromatic heterocycles. The molecule has 9 nitrogen and oxygen atoms in total. The minimum Gasteiger partial charge on any atom is -0.465 e. The fourth-order valence-electron chi connectivity index (χ4n) is 3.66. The van der Waals surface area contributed by atoms with E-state index < -0.39 is 16.0 Å². The van der Waals surface area contributed by atoms with Crippen LogP contribution in [-0.4, -0.2) is 51.6 Å². The number of sulfonamides is 1. The summed E-state index contributed by atoms with van der Waals surface area (Å²) in [5.74, 6) is -0.00128. The second kappa shape index (κ2) is 8.97. The highest BCUT2D eigenvalue weighted by molar-refractivity contribution is 7.89. The van der Waals surface area contributed by atoms with Gasteiger partial charge in [0, 0.05) is 30.8 Å². The van der Waals surface area contributed by atoms with Crippen molar-refractivity contribution in [3.63, 3.8) is 0 Å². The van der Waals surface area contributed by atoms with Crippen LogP contribution in [0.2, 0.25) is 5.02 Å². The number of anilines is 1. The maximum absolute atomic E-state index is 13.1. The first kappa shape index (κ1) is 22.4. The van der Waals surface area contributed by atoms with Gasteiger partial charge in [-0.15, -0.1) is 0 Å². The molecule has 0 saturated carbocycles. The number of methoxy groups -OCH3 is 1. The summed E-state index contributed by atoms with van der Waals surface area (Å²) >= 11 is 6.12. The monoisotopic (exact) mass is 480 g/mol. The summed E-state index contributed by atoms with van der Waals surface area (Å²) in [5.41, 5.74) is 0.675. The maximum Gasteiger partial charge on any atom is 0.337 e. The van der Waals surface area contributed by atoms with E-state index in [0.717, 1.165) is 0 Å². The molecular weight excluding hydrogens is 460 g/mol. The minimum atomic E-state index is -3.94. The van der Waals surface area contributed by atoms with Crippen molar-refractivity contribution in [2.45, 2.75) is 17.7 Å². The molecule has 4 rings (SSSR count). The number of nitrogens with zero attached hydrogens (tertiary/aromatic N) is 1. The summed E-state index contributed by atoms with van der Waals surface area (Å²) in [6, 6.07) is 9.10. The topological polar surface area (TPSA) is 111 Å². The van der Waals surface area contributed by atoms with Crippen LogP contribution in [0.1, 0.15) is 23.2 Å². The molecular formula is C21H21ClN2O7S. The molecule has 0 unspecified atom stereocenters. The van der Waals surface area contributed by atoms with E-state index in [2.05, 4.69) is 10.1 Å². The number of amides is 1. The van der Waals surface area contributed by atoms with Gasteiger partial charge in [-0.05, 0) is 43.2 Å². The Balaban J connectivity index is 1.42. The minimum absolute atomic E-state index is 0.0142. The summed E-state index contributed by atoms with van der Waals surface area (Å²) in [6.45, 7) is 0.451. The molecule has 2 aliphatic heterocycles. The normalized spacial score (nSPS) is 16.6. The van der Waals surface area contributed by atoms with Crippen LogP contribution < -0.4 is 14.8 Å². The first-order valence-electron chi connectivity index (χ1n) is 9.88. The zero-order chi connectivity index (χ0) is 22.9. The Hall–Kier alpha value is -2.82. The summed E-state index contributed by atoms with van der Waals surface area (Å²) < 4.78 is 42.7. The molecule has 1 fully saturated rings. The van der Waals surface area contributed by atoms with Crippen LogP contribution in [0, 0.1) is 5.92 Å². The van der Waals surface area contributed by atoms with Crippen LogP contribution in [-0.2, 0) is 19.6 Å². The highest BCUT2D eigenvalue weighted by atomic mass is 35.5. The molecule has 0 radical (unpaired) electrons. The molecule has 2 heterocycles. The zero-order valence-electron chi connectivity index (χ0n) is 17.2. The number of carbonyl (C=O) groups excluding carboxylic acids is 2. The molecule has 2 aromatic carbocycles. The number of rotatable bonds is 5. The Morgan fingerprint density at radius 1 is 1.09 bits per heavy atom. The number of halogens is 1. The highest BCUT2D eigenvalue weighted by Crippen LogP contribution is 2.35. The van der Waals surface area contributed by atoms with Crippen LogP contribution in [0.5, 0.6) is 11.5 Å². The number of fused-ring (bicyclic) bond motifs is 1. The van der Waals surface area contributed by atoms with E-state index in [1.165, 1.54) is 29.6 Å². The Kier molecular flexibility index (Phi) is 6.27. The van der Waals surface area contributed by atoms with Gasteiger partial charge in [-0.3, -0.25) is 4.79 Å². The molecule has 1 N–H and O–H groups in total. The van der Waals surface area contributed by atoms with Crippen molar-refractivity contribution in [2.75, 3.05) is 32.3 Å². The van der Waals surface area contributed by atoms with Gasteiger partial charge in [0.2, 0.25) is 22.7 Å². The summed E-state index contributed by atoms with van der Waals surface area (Å²) in [4.78, 5) is 24.3. The molecule has 170 valence electrons. The number of piperidine rings is 1. The van der Waals surface area contributed by atoms with Crippen LogP contribution in [0.25, 0.3) is 0 Å². The van der Waals surface area contributed by atoms with Gasteiger partial charge in [0.25, 0.3) is 0 Å². The van der Waals surface area contributed by atoms with Crippen molar-refractivity contribution in [1.82, 2.24) is 4.31 Å². The maximum atomic E-state index is 13.1. The van der Waals surface area contributed by atoms with E-state index in [9.17, 15) is 18.0 Å². The summed E-state index contributed by atoms with van der Waals surface area (Å²) in [5, 5.41) is 2.86. The summed E-state index contributed by atoms with van der Waals surface area (Å²) in [6.07, 6.45) is 0.702. The van der Waals surface area contributed by atoms with Gasteiger partial charge in [-0.1, -0.05) is 11.6 Å². The molecule has 1 saturated heterocycles. The van der Waals surface area contributed by atoms with Crippen molar-refractivity contribution in [3.05, 3.63) is 47.0 Å². The predicted molar refractivity (Wildman–Crippen MR) is 115 cm³/mol. The average molecular weight is 481 g/mol. The van der Waals surface area contributed by atoms with Crippen molar-refractivity contribution < 1.29 is 32.2 Å². The second-order valence-electron chi connectivity index (χ2n) is 7.37. The quantitative estimate of drug-likeness (QED) is 0.655. The average Bonchev–Trinajstić information content (AvgIpc) is 3.26. The van der Waals surface area contributed by atoms with Gasteiger partial charge < -0.3 is 19.5 Å². The fourth-order valence-corrected chi connectivity index (χ4v) is 5.63. The molecule has 0 spiro atoms. The van der Waals surface area contributed by atoms with Crippen LogP contribution in [0.3, 0.4) is 0 Å². The fraction of sp³-hybridized carbons (Fsp3) is 0.333. The van der Waals surface area contributed by atoms with Gasteiger partial charge >= 0.3 is 5.97 Å². The van der Waals surface area contributed by atoms with Crippen LogP contribution in [0.15, 0.2) is 41.3 Å². The molecule has 11 heteroatoms. The molecule has 0 bridgehead atoms. The van der Waals surface area contributed by atoms with E-state index in [4.69, 9.17) is 21.1 Å². The number of hydrogen-bond acceptors (Lipinski definition) is 7. The van der Waals surface area contributed by atoms with E-state index >= 15 is 0 Å². The number of nitrogens with one attached hydrogen (secondary N) is 1. The lowest BCUT2D eigenvalue weighted by molar-refractivity contribution is -0.120. The Labute approximate surface area is 190 Å². The lowest BCUT2D eigenvalue weighted by Crippen LogP contribution is -2.41. The van der Waals surface area contributed by atoms with E-state index in [0.29, 0.717) is 30.0 Å². The van der Waals surface area contributed by atoms with Gasteiger partial charge in [0.15, 0.2) is 11.5 Å². The van der Waals surface area contributed by atoms with E-state index in [-0.39, 0.29) is 47.2 Å². The van der Waals surface area contributed by atoms with Gasteiger partial charge in [-0.2, -0.15) is 4.31 Å². The first-order valence-corrected chi connectivity index (χ1v) is 11.7. The molecule has 0 atom stereocenters. The van der Waals surface area contributed by atoms with Crippen LogP contribution in [0.4, 0.5) is 5.69 Å². The second-order valence-corrected chi connectivity index (χ2v) is 9.69. The van der Waals surface area contributed by atoms with Crippen molar-refractivity contribution in [1.29, 1.82) is 0 Å². The number of ether oxygens (including phenoxy) is 3. The number of benzene rings is 2. The number of carbonyl (C=O) groups is 2. The molecule has 2 aliphatic rings. The van der Waals surface area contributed by atoms with Crippen molar-refractivity contribution in [3.8, 4) is 11.5 Å². The first-order chi connectivity index (χ1) is 15.3. The third kappa shape index (κ3) is 4.38. The van der Waals surface area contributed by atoms with E-state index in [1.807, 2.05) is 0 Å². The van der Waals surface area contributed by atoms with Gasteiger partial charge in [-0.25, -0.2) is 13.2 Å². The SMILES string of the molecule is COC(=O)c1ccc(Cl)c(S(=O)(=O)N2CCC(C(=O)Nc3ccc4c(c3)OCO4)CC2)c1. The smallest absolute Gasteiger partial charge is 0.337 e. The molecule has 32 heavy (non-hydrogen) atoms. The Morgan fingerprint density at radius 3 is 2.53 bits per heavy atom. The van der Waals surface area contributed by atoms with Gasteiger partial charge in [0.1, 0.15) is 4.90 Å². The molecule has 0 aliphatic carbocycles. The summed E-state index contributed by atoms with van der Waals surface area (Å²) in [7, 11) is -2.73. The lowest BCUT2D eigenvalue weighted by atomic mass is 9.97. The highest BCUT2D eigenvalue weighted by Gasteiger charge is 2.34. The third-order valence-electron chi connectivity index (χ3n) is 5.43. The van der Waals surface area contributed by atoms with Crippen molar-refractivity contribution in [2.24, 2.45) is 5.92 Å². The van der Waals surface area contributed by atoms with Gasteiger partial charge in [0.05, 0.1) is 17.7 Å². The van der Waals surface area contributed by atoms with Crippen molar-refractivity contribution >= 4 is 39.2 Å². The lowest BCUT2D eigenvalue weighted by Gasteiger charge is -2.30.